The molecule has 0 spiro atoms. The summed E-state index contributed by atoms with van der Waals surface area (Å²) in [6, 6.07) is 3.92. The minimum absolute atomic E-state index is 0.0356. The summed E-state index contributed by atoms with van der Waals surface area (Å²) in [4.78, 5) is 6.44. The Hall–Kier alpha value is -1.13. The third-order valence-corrected chi connectivity index (χ3v) is 2.47. The maximum absolute atomic E-state index is 8.99. The van der Waals surface area contributed by atoms with Gasteiger partial charge in [-0.25, -0.2) is 0 Å². The fourth-order valence-electron chi connectivity index (χ4n) is 1.61. The lowest BCUT2D eigenvalue weighted by molar-refractivity contribution is 0.302. The van der Waals surface area contributed by atoms with Crippen LogP contribution in [0.5, 0.6) is 0 Å². The second-order valence-corrected chi connectivity index (χ2v) is 3.94. The lowest BCUT2D eigenvalue weighted by Gasteiger charge is -2.23. The molecule has 4 nitrogen and oxygen atoms in total. The van der Waals surface area contributed by atoms with Gasteiger partial charge in [-0.15, -0.1) is 0 Å². The van der Waals surface area contributed by atoms with Crippen LogP contribution in [0.25, 0.3) is 0 Å². The van der Waals surface area contributed by atoms with E-state index in [0.29, 0.717) is 6.54 Å². The predicted octanol–water partition coefficient (Wildman–Crippen LogP) is 1.31. The van der Waals surface area contributed by atoms with Crippen LogP contribution in [0.2, 0.25) is 0 Å². The van der Waals surface area contributed by atoms with E-state index in [9.17, 15) is 0 Å². The molecule has 0 fully saturated rings. The van der Waals surface area contributed by atoms with E-state index in [1.165, 1.54) is 0 Å². The number of nitrogens with two attached hydrogens (primary N) is 1. The van der Waals surface area contributed by atoms with E-state index in [0.717, 1.165) is 24.3 Å². The first kappa shape index (κ1) is 12.9. The van der Waals surface area contributed by atoms with Crippen LogP contribution in [-0.2, 0) is 0 Å². The Bertz CT molecular complexity index is 292. The monoisotopic (exact) mass is 223 g/mol. The molecule has 90 valence electrons. The van der Waals surface area contributed by atoms with E-state index in [1.807, 2.05) is 25.3 Å². The lowest BCUT2D eigenvalue weighted by atomic mass is 10.2. The molecule has 0 saturated heterocycles. The van der Waals surface area contributed by atoms with Crippen molar-refractivity contribution in [2.75, 3.05) is 24.6 Å². The molecule has 1 rings (SSSR count). The van der Waals surface area contributed by atoms with Gasteiger partial charge < -0.3 is 15.7 Å². The highest BCUT2D eigenvalue weighted by Gasteiger charge is 2.06. The van der Waals surface area contributed by atoms with Gasteiger partial charge in [0.1, 0.15) is 0 Å². The van der Waals surface area contributed by atoms with Gasteiger partial charge >= 0.3 is 0 Å². The molecule has 0 aliphatic rings. The summed E-state index contributed by atoms with van der Waals surface area (Å²) in [5.41, 5.74) is 7.68. The van der Waals surface area contributed by atoms with E-state index >= 15 is 0 Å². The van der Waals surface area contributed by atoms with E-state index < -0.39 is 0 Å². The summed E-state index contributed by atoms with van der Waals surface area (Å²) >= 11 is 0. The first-order chi connectivity index (χ1) is 7.69. The number of nitrogens with zero attached hydrogens (tertiary/aromatic N) is 2. The maximum atomic E-state index is 8.99. The normalized spacial score (nSPS) is 12.5. The molecule has 1 heterocycles. The Kier molecular flexibility index (Phi) is 5.22. The Balaban J connectivity index is 2.76. The van der Waals surface area contributed by atoms with Crippen molar-refractivity contribution in [3.05, 3.63) is 24.0 Å². The van der Waals surface area contributed by atoms with E-state index in [1.54, 1.807) is 0 Å². The molecule has 1 unspecified atom stereocenters. The highest BCUT2D eigenvalue weighted by Crippen LogP contribution is 2.15. The van der Waals surface area contributed by atoms with Crippen molar-refractivity contribution in [3.63, 3.8) is 0 Å². The summed E-state index contributed by atoms with van der Waals surface area (Å²) in [5, 5.41) is 8.99. The zero-order valence-corrected chi connectivity index (χ0v) is 10.1. The number of hydrogen-bond acceptors (Lipinski definition) is 4. The van der Waals surface area contributed by atoms with Crippen LogP contribution in [0, 0.1) is 0 Å². The molecule has 1 atom stereocenters. The summed E-state index contributed by atoms with van der Waals surface area (Å²) < 4.78 is 0. The van der Waals surface area contributed by atoms with Crippen molar-refractivity contribution in [1.82, 2.24) is 4.98 Å². The Morgan fingerprint density at radius 1 is 1.44 bits per heavy atom. The topological polar surface area (TPSA) is 62.4 Å². The molecule has 0 aromatic carbocycles. The van der Waals surface area contributed by atoms with Crippen molar-refractivity contribution in [1.29, 1.82) is 0 Å². The summed E-state index contributed by atoms with van der Waals surface area (Å²) in [6.07, 6.45) is 2.87. The van der Waals surface area contributed by atoms with Crippen LogP contribution < -0.4 is 10.6 Å². The Morgan fingerprint density at radius 2 is 2.19 bits per heavy atom. The Morgan fingerprint density at radius 3 is 2.62 bits per heavy atom. The van der Waals surface area contributed by atoms with Gasteiger partial charge in [-0.3, -0.25) is 4.98 Å². The van der Waals surface area contributed by atoms with Gasteiger partial charge in [0.25, 0.3) is 0 Å². The molecule has 16 heavy (non-hydrogen) atoms. The number of anilines is 1. The third-order valence-electron chi connectivity index (χ3n) is 2.47. The number of aromatic nitrogens is 1. The van der Waals surface area contributed by atoms with Crippen LogP contribution in [-0.4, -0.2) is 29.8 Å². The van der Waals surface area contributed by atoms with Crippen molar-refractivity contribution < 1.29 is 5.11 Å². The minimum atomic E-state index is -0.0356. The number of rotatable bonds is 6. The zero-order chi connectivity index (χ0) is 12.0. The molecule has 0 radical (unpaired) electrons. The molecule has 4 heteroatoms. The average molecular weight is 223 g/mol. The first-order valence-corrected chi connectivity index (χ1v) is 5.76. The molecular weight excluding hydrogens is 202 g/mol. The van der Waals surface area contributed by atoms with E-state index in [-0.39, 0.29) is 12.6 Å². The molecule has 1 aromatic rings. The summed E-state index contributed by atoms with van der Waals surface area (Å²) in [7, 11) is 0. The molecule has 0 amide bonds. The number of hydrogen-bond donors (Lipinski definition) is 2. The van der Waals surface area contributed by atoms with Crippen LogP contribution in [0.1, 0.15) is 32.0 Å². The van der Waals surface area contributed by atoms with Gasteiger partial charge in [-0.1, -0.05) is 6.92 Å². The first-order valence-electron chi connectivity index (χ1n) is 5.76. The fraction of sp³-hybridized carbons (Fsp3) is 0.583. The van der Waals surface area contributed by atoms with Gasteiger partial charge in [0.2, 0.25) is 0 Å². The summed E-state index contributed by atoms with van der Waals surface area (Å²) in [5.74, 6) is 0. The zero-order valence-electron chi connectivity index (χ0n) is 10.1. The van der Waals surface area contributed by atoms with Gasteiger partial charge in [-0.2, -0.15) is 0 Å². The smallest absolute Gasteiger partial charge is 0.0606 e. The predicted molar refractivity (Wildman–Crippen MR) is 66.4 cm³/mol. The molecule has 1 aromatic heterocycles. The van der Waals surface area contributed by atoms with Crippen LogP contribution in [0.15, 0.2) is 18.3 Å². The van der Waals surface area contributed by atoms with E-state index in [2.05, 4.69) is 16.8 Å². The van der Waals surface area contributed by atoms with E-state index in [4.69, 9.17) is 10.8 Å². The van der Waals surface area contributed by atoms with Crippen molar-refractivity contribution >= 4 is 5.69 Å². The van der Waals surface area contributed by atoms with Crippen LogP contribution in [0.3, 0.4) is 0 Å². The lowest BCUT2D eigenvalue weighted by Crippen LogP contribution is -2.27. The standard InChI is InChI=1S/C12H21N3O/c1-3-6-15(7-8-16)11-4-5-12(10(2)13)14-9-11/h4-5,9-10,16H,3,6-8,13H2,1-2H3. The van der Waals surface area contributed by atoms with Crippen molar-refractivity contribution in [2.45, 2.75) is 26.3 Å². The quantitative estimate of drug-likeness (QED) is 0.763. The minimum Gasteiger partial charge on any atom is -0.395 e. The Labute approximate surface area is 97.1 Å². The van der Waals surface area contributed by atoms with Gasteiger partial charge in [0, 0.05) is 19.1 Å². The van der Waals surface area contributed by atoms with Gasteiger partial charge in [0.05, 0.1) is 24.2 Å². The molecule has 0 aliphatic heterocycles. The third kappa shape index (κ3) is 3.47. The maximum Gasteiger partial charge on any atom is 0.0606 e. The highest BCUT2D eigenvalue weighted by molar-refractivity contribution is 5.44. The largest absolute Gasteiger partial charge is 0.395 e. The SMILES string of the molecule is CCCN(CCO)c1ccc(C(C)N)nc1. The van der Waals surface area contributed by atoms with Gasteiger partial charge in [0.15, 0.2) is 0 Å². The second kappa shape index (κ2) is 6.45. The molecule has 0 bridgehead atoms. The summed E-state index contributed by atoms with van der Waals surface area (Å²) in [6.45, 7) is 5.77. The number of pyridine rings is 1. The number of aliphatic hydroxyl groups excluding tert-OH is 1. The molecular formula is C12H21N3O. The molecule has 0 aliphatic carbocycles. The van der Waals surface area contributed by atoms with Crippen LogP contribution in [0.4, 0.5) is 5.69 Å². The average Bonchev–Trinajstić information content (AvgIpc) is 2.29. The van der Waals surface area contributed by atoms with Gasteiger partial charge in [-0.05, 0) is 25.5 Å². The fourth-order valence-corrected chi connectivity index (χ4v) is 1.61. The number of aliphatic hydroxyl groups is 1. The van der Waals surface area contributed by atoms with Crippen LogP contribution >= 0.6 is 0 Å². The molecule has 3 N–H and O–H groups in total. The second-order valence-electron chi connectivity index (χ2n) is 3.94. The molecule has 0 saturated carbocycles. The van der Waals surface area contributed by atoms with Crippen molar-refractivity contribution in [3.8, 4) is 0 Å². The highest BCUT2D eigenvalue weighted by atomic mass is 16.3. The van der Waals surface area contributed by atoms with Crippen molar-refractivity contribution in [2.24, 2.45) is 5.73 Å².